The van der Waals surface area contributed by atoms with E-state index in [1.165, 1.54) is 23.5 Å². The Morgan fingerprint density at radius 1 is 1.32 bits per heavy atom. The van der Waals surface area contributed by atoms with E-state index in [1.54, 1.807) is 0 Å². The summed E-state index contributed by atoms with van der Waals surface area (Å²) in [5, 5.41) is 3.30. The van der Waals surface area contributed by atoms with E-state index in [1.807, 2.05) is 19.1 Å². The molecular weight excluding hydrogens is 372 g/mol. The van der Waals surface area contributed by atoms with Gasteiger partial charge in [-0.15, -0.1) is 11.3 Å². The SMILES string of the molecule is CCNC(c1cc(F)cc(Br)c1)c1cc(Cl)sc1Cl. The molecule has 6 heteroatoms. The molecule has 1 atom stereocenters. The van der Waals surface area contributed by atoms with Gasteiger partial charge in [-0.1, -0.05) is 46.1 Å². The van der Waals surface area contributed by atoms with E-state index in [-0.39, 0.29) is 11.9 Å². The first-order chi connectivity index (χ1) is 9.01. The topological polar surface area (TPSA) is 12.0 Å². The molecule has 1 nitrogen and oxygen atoms in total. The van der Waals surface area contributed by atoms with Crippen LogP contribution >= 0.6 is 50.5 Å². The highest BCUT2D eigenvalue weighted by atomic mass is 79.9. The first-order valence-corrected chi connectivity index (χ1v) is 8.02. The fourth-order valence-corrected chi connectivity index (χ4v) is 3.92. The second-order valence-electron chi connectivity index (χ2n) is 3.97. The Hall–Kier alpha value is -0.130. The van der Waals surface area contributed by atoms with Crippen molar-refractivity contribution in [3.63, 3.8) is 0 Å². The monoisotopic (exact) mass is 381 g/mol. The van der Waals surface area contributed by atoms with E-state index in [0.29, 0.717) is 13.1 Å². The zero-order valence-electron chi connectivity index (χ0n) is 10.0. The summed E-state index contributed by atoms with van der Waals surface area (Å²) in [6.07, 6.45) is 0. The minimum Gasteiger partial charge on any atom is -0.306 e. The summed E-state index contributed by atoms with van der Waals surface area (Å²) in [4.78, 5) is 0. The van der Waals surface area contributed by atoms with E-state index in [9.17, 15) is 4.39 Å². The first-order valence-electron chi connectivity index (χ1n) is 5.65. The summed E-state index contributed by atoms with van der Waals surface area (Å²) < 4.78 is 15.5. The molecule has 1 aromatic carbocycles. The zero-order valence-corrected chi connectivity index (χ0v) is 13.9. The van der Waals surface area contributed by atoms with Crippen LogP contribution in [0.4, 0.5) is 4.39 Å². The number of thiophene rings is 1. The third-order valence-corrected chi connectivity index (χ3v) is 4.60. The van der Waals surface area contributed by atoms with E-state index in [0.717, 1.165) is 17.7 Å². The minimum absolute atomic E-state index is 0.173. The lowest BCUT2D eigenvalue weighted by Crippen LogP contribution is -2.22. The van der Waals surface area contributed by atoms with E-state index in [2.05, 4.69) is 21.2 Å². The van der Waals surface area contributed by atoms with E-state index in [4.69, 9.17) is 23.2 Å². The molecule has 0 radical (unpaired) electrons. The van der Waals surface area contributed by atoms with Crippen LogP contribution in [0.25, 0.3) is 0 Å². The first kappa shape index (κ1) is 15.3. The van der Waals surface area contributed by atoms with Gasteiger partial charge in [0.15, 0.2) is 0 Å². The van der Waals surface area contributed by atoms with Gasteiger partial charge < -0.3 is 5.32 Å². The van der Waals surface area contributed by atoms with Crippen molar-refractivity contribution in [2.75, 3.05) is 6.54 Å². The Labute approximate surface area is 133 Å². The molecule has 0 saturated carbocycles. The smallest absolute Gasteiger partial charge is 0.124 e. The minimum atomic E-state index is -0.287. The van der Waals surface area contributed by atoms with Gasteiger partial charge in [-0.2, -0.15) is 0 Å². The summed E-state index contributed by atoms with van der Waals surface area (Å²) in [6.45, 7) is 2.73. The lowest BCUT2D eigenvalue weighted by Gasteiger charge is -2.18. The van der Waals surface area contributed by atoms with Crippen molar-refractivity contribution in [3.05, 3.63) is 54.4 Å². The van der Waals surface area contributed by atoms with Crippen molar-refractivity contribution in [1.82, 2.24) is 5.32 Å². The maximum atomic E-state index is 13.5. The number of rotatable bonds is 4. The average molecular weight is 383 g/mol. The van der Waals surface area contributed by atoms with Crippen LogP contribution in [0, 0.1) is 5.82 Å². The van der Waals surface area contributed by atoms with Gasteiger partial charge in [0.2, 0.25) is 0 Å². The number of halogens is 4. The molecule has 2 rings (SSSR count). The maximum Gasteiger partial charge on any atom is 0.124 e. The van der Waals surface area contributed by atoms with Gasteiger partial charge in [0.1, 0.15) is 5.82 Å². The molecule has 0 amide bonds. The lowest BCUT2D eigenvalue weighted by molar-refractivity contribution is 0.603. The second kappa shape index (κ2) is 6.55. The van der Waals surface area contributed by atoms with Gasteiger partial charge in [0.25, 0.3) is 0 Å². The zero-order chi connectivity index (χ0) is 14.0. The van der Waals surface area contributed by atoms with Crippen LogP contribution in [0.3, 0.4) is 0 Å². The van der Waals surface area contributed by atoms with Crippen molar-refractivity contribution in [1.29, 1.82) is 0 Å². The third-order valence-electron chi connectivity index (χ3n) is 2.62. The third kappa shape index (κ3) is 3.70. The Bertz CT molecular complexity index is 568. The quantitative estimate of drug-likeness (QED) is 0.719. The molecule has 0 spiro atoms. The summed E-state index contributed by atoms with van der Waals surface area (Å²) in [6, 6.07) is 6.45. The Morgan fingerprint density at radius 3 is 2.58 bits per heavy atom. The molecule has 1 unspecified atom stereocenters. The molecule has 0 aliphatic carbocycles. The summed E-state index contributed by atoms with van der Waals surface area (Å²) >= 11 is 16.8. The molecule has 2 aromatic rings. The van der Waals surface area contributed by atoms with Crippen molar-refractivity contribution in [3.8, 4) is 0 Å². The molecule has 19 heavy (non-hydrogen) atoms. The molecule has 0 fully saturated rings. The van der Waals surface area contributed by atoms with Crippen LogP contribution in [-0.4, -0.2) is 6.54 Å². The van der Waals surface area contributed by atoms with E-state index < -0.39 is 0 Å². The van der Waals surface area contributed by atoms with Crippen LogP contribution in [-0.2, 0) is 0 Å². The Kier molecular flexibility index (Phi) is 5.26. The molecule has 0 saturated heterocycles. The van der Waals surface area contributed by atoms with Gasteiger partial charge in [0.05, 0.1) is 14.7 Å². The molecule has 0 aliphatic rings. The van der Waals surface area contributed by atoms with Crippen molar-refractivity contribution in [2.45, 2.75) is 13.0 Å². The largest absolute Gasteiger partial charge is 0.306 e. The summed E-state index contributed by atoms with van der Waals surface area (Å²) in [5.41, 5.74) is 1.68. The highest BCUT2D eigenvalue weighted by Crippen LogP contribution is 2.38. The number of benzene rings is 1. The van der Waals surface area contributed by atoms with Gasteiger partial charge in [0, 0.05) is 10.0 Å². The second-order valence-corrected chi connectivity index (χ2v) is 7.17. The predicted octanol–water partition coefficient (Wildman–Crippen LogP) is 5.66. The summed E-state index contributed by atoms with van der Waals surface area (Å²) in [5.74, 6) is -0.287. The van der Waals surface area contributed by atoms with Crippen LogP contribution in [0.1, 0.15) is 24.1 Å². The van der Waals surface area contributed by atoms with E-state index >= 15 is 0 Å². The highest BCUT2D eigenvalue weighted by molar-refractivity contribution is 9.10. The van der Waals surface area contributed by atoms with Crippen molar-refractivity contribution < 1.29 is 4.39 Å². The molecule has 102 valence electrons. The van der Waals surface area contributed by atoms with Crippen LogP contribution < -0.4 is 5.32 Å². The number of hydrogen-bond donors (Lipinski definition) is 1. The Morgan fingerprint density at radius 2 is 2.05 bits per heavy atom. The predicted molar refractivity (Wildman–Crippen MR) is 84.0 cm³/mol. The fourth-order valence-electron chi connectivity index (χ4n) is 1.90. The normalized spacial score (nSPS) is 12.7. The number of nitrogens with one attached hydrogen (secondary N) is 1. The number of hydrogen-bond acceptors (Lipinski definition) is 2. The van der Waals surface area contributed by atoms with Gasteiger partial charge in [-0.25, -0.2) is 4.39 Å². The van der Waals surface area contributed by atoms with Gasteiger partial charge in [-0.05, 0) is 36.4 Å². The standard InChI is InChI=1S/C13H11BrCl2FNS/c1-2-18-12(10-6-11(15)19-13(10)16)7-3-8(14)5-9(17)4-7/h3-6,12,18H,2H2,1H3. The molecular formula is C13H11BrCl2FNS. The average Bonchev–Trinajstić information content (AvgIpc) is 2.64. The maximum absolute atomic E-state index is 13.5. The summed E-state index contributed by atoms with van der Waals surface area (Å²) in [7, 11) is 0. The molecule has 1 N–H and O–H groups in total. The van der Waals surface area contributed by atoms with Crippen LogP contribution in [0.5, 0.6) is 0 Å². The van der Waals surface area contributed by atoms with Crippen LogP contribution in [0.15, 0.2) is 28.7 Å². The van der Waals surface area contributed by atoms with Crippen LogP contribution in [0.2, 0.25) is 8.67 Å². The molecule has 1 heterocycles. The fraction of sp³-hybridized carbons (Fsp3) is 0.231. The highest BCUT2D eigenvalue weighted by Gasteiger charge is 2.19. The van der Waals surface area contributed by atoms with Crippen molar-refractivity contribution in [2.24, 2.45) is 0 Å². The molecule has 0 aliphatic heterocycles. The Balaban J connectivity index is 2.47. The molecule has 0 bridgehead atoms. The van der Waals surface area contributed by atoms with Gasteiger partial charge >= 0.3 is 0 Å². The van der Waals surface area contributed by atoms with Gasteiger partial charge in [-0.3, -0.25) is 0 Å². The lowest BCUT2D eigenvalue weighted by atomic mass is 10.0. The molecule has 1 aromatic heterocycles. The van der Waals surface area contributed by atoms with Crippen molar-refractivity contribution >= 4 is 50.5 Å².